The molecule has 0 bridgehead atoms. The van der Waals surface area contributed by atoms with Crippen LogP contribution < -0.4 is 19.5 Å². The molecule has 2 heterocycles. The van der Waals surface area contributed by atoms with Gasteiger partial charge in [0.2, 0.25) is 6.79 Å². The van der Waals surface area contributed by atoms with Crippen molar-refractivity contribution >= 4 is 24.0 Å². The van der Waals surface area contributed by atoms with E-state index < -0.39 is 24.5 Å². The van der Waals surface area contributed by atoms with Crippen molar-refractivity contribution in [3.8, 4) is 17.2 Å². The Labute approximate surface area is 136 Å². The lowest BCUT2D eigenvalue weighted by molar-refractivity contribution is -0.143. The lowest BCUT2D eigenvalue weighted by atomic mass is 10.1. The molecule has 3 amide bonds. The Morgan fingerprint density at radius 2 is 2.00 bits per heavy atom. The third-order valence-electron chi connectivity index (χ3n) is 3.50. The van der Waals surface area contributed by atoms with Crippen molar-refractivity contribution in [3.63, 3.8) is 0 Å². The van der Waals surface area contributed by atoms with E-state index in [0.717, 1.165) is 4.90 Å². The van der Waals surface area contributed by atoms with Crippen molar-refractivity contribution in [1.29, 1.82) is 0 Å². The molecular weight excluding hydrogens is 320 g/mol. The van der Waals surface area contributed by atoms with E-state index >= 15 is 0 Å². The molecule has 0 atom stereocenters. The first-order valence-electron chi connectivity index (χ1n) is 6.92. The summed E-state index contributed by atoms with van der Waals surface area (Å²) in [5.41, 5.74) is 0.534. The fraction of sp³-hybridized carbons (Fsp3) is 0.267. The van der Waals surface area contributed by atoms with Gasteiger partial charge in [0.1, 0.15) is 18.0 Å². The molecule has 0 spiro atoms. The third-order valence-corrected chi connectivity index (χ3v) is 3.50. The molecule has 2 aliphatic heterocycles. The van der Waals surface area contributed by atoms with Crippen LogP contribution in [0.25, 0.3) is 6.08 Å². The van der Waals surface area contributed by atoms with Gasteiger partial charge in [0.15, 0.2) is 11.5 Å². The van der Waals surface area contributed by atoms with Crippen LogP contribution in [-0.4, -0.2) is 50.4 Å². The minimum Gasteiger partial charge on any atom is -0.496 e. The Morgan fingerprint density at radius 1 is 1.29 bits per heavy atom. The number of hydrogen-bond acceptors (Lipinski definition) is 7. The first kappa shape index (κ1) is 15.7. The standard InChI is InChI=1S/C15H14N2O7/c1-21-10-5-12-11(23-7-24-12)4-8(10)3-9-14(19)17(15(20)16-9)6-13(18)22-2/h3-5H,6-7H2,1-2H3,(H,16,20). The Morgan fingerprint density at radius 3 is 2.67 bits per heavy atom. The van der Waals surface area contributed by atoms with Crippen molar-refractivity contribution in [1.82, 2.24) is 10.2 Å². The highest BCUT2D eigenvalue weighted by Crippen LogP contribution is 2.39. The minimum atomic E-state index is -0.698. The number of methoxy groups -OCH3 is 2. The van der Waals surface area contributed by atoms with Gasteiger partial charge in [-0.2, -0.15) is 0 Å². The maximum absolute atomic E-state index is 12.3. The van der Waals surface area contributed by atoms with Gasteiger partial charge in [-0.1, -0.05) is 0 Å². The van der Waals surface area contributed by atoms with E-state index in [1.807, 2.05) is 0 Å². The summed E-state index contributed by atoms with van der Waals surface area (Å²) in [6.07, 6.45) is 1.44. The lowest BCUT2D eigenvalue weighted by Gasteiger charge is -2.09. The molecule has 3 rings (SSSR count). The van der Waals surface area contributed by atoms with Crippen LogP contribution in [0.1, 0.15) is 5.56 Å². The molecule has 0 saturated carbocycles. The SMILES string of the molecule is COC(=O)CN1C(=O)NC(=Cc2cc3c(cc2OC)OCO3)C1=O. The number of esters is 1. The third kappa shape index (κ3) is 2.71. The predicted octanol–water partition coefficient (Wildman–Crippen LogP) is 0.490. The number of imide groups is 1. The number of amides is 3. The van der Waals surface area contributed by atoms with Crippen molar-refractivity contribution < 1.29 is 33.3 Å². The van der Waals surface area contributed by atoms with Crippen molar-refractivity contribution in [2.45, 2.75) is 0 Å². The number of nitrogens with zero attached hydrogens (tertiary/aromatic N) is 1. The molecule has 1 fully saturated rings. The summed E-state index contributed by atoms with van der Waals surface area (Å²) in [6.45, 7) is -0.363. The summed E-state index contributed by atoms with van der Waals surface area (Å²) < 4.78 is 20.3. The topological polar surface area (TPSA) is 103 Å². The molecule has 0 unspecified atom stereocenters. The van der Waals surface area contributed by atoms with Crippen molar-refractivity contribution in [3.05, 3.63) is 23.4 Å². The maximum Gasteiger partial charge on any atom is 0.329 e. The summed E-state index contributed by atoms with van der Waals surface area (Å²) in [5, 5.41) is 2.41. The minimum absolute atomic E-state index is 0.0149. The van der Waals surface area contributed by atoms with E-state index in [4.69, 9.17) is 14.2 Å². The number of rotatable bonds is 4. The molecule has 9 nitrogen and oxygen atoms in total. The zero-order valence-corrected chi connectivity index (χ0v) is 13.0. The molecule has 0 aromatic heterocycles. The Hall–Kier alpha value is -3.23. The van der Waals surface area contributed by atoms with Gasteiger partial charge in [0.05, 0.1) is 14.2 Å². The molecule has 2 aliphatic rings. The highest BCUT2D eigenvalue weighted by Gasteiger charge is 2.35. The Balaban J connectivity index is 1.91. The largest absolute Gasteiger partial charge is 0.496 e. The number of urea groups is 1. The van der Waals surface area contributed by atoms with Crippen LogP contribution >= 0.6 is 0 Å². The van der Waals surface area contributed by atoms with Gasteiger partial charge in [0, 0.05) is 11.6 Å². The molecule has 1 N–H and O–H groups in total. The molecule has 9 heteroatoms. The van der Waals surface area contributed by atoms with Gasteiger partial charge in [0.25, 0.3) is 5.91 Å². The fourth-order valence-corrected chi connectivity index (χ4v) is 2.29. The number of carbonyl (C=O) groups is 3. The Kier molecular flexibility index (Phi) is 3.98. The predicted molar refractivity (Wildman–Crippen MR) is 79.4 cm³/mol. The number of fused-ring (bicyclic) bond motifs is 1. The maximum atomic E-state index is 12.3. The monoisotopic (exact) mass is 334 g/mol. The lowest BCUT2D eigenvalue weighted by Crippen LogP contribution is -2.36. The zero-order chi connectivity index (χ0) is 17.3. The second kappa shape index (κ2) is 6.11. The van der Waals surface area contributed by atoms with Crippen LogP contribution in [0.3, 0.4) is 0 Å². The molecule has 1 aromatic rings. The molecule has 0 radical (unpaired) electrons. The first-order valence-corrected chi connectivity index (χ1v) is 6.92. The average molecular weight is 334 g/mol. The van der Waals surface area contributed by atoms with Crippen LogP contribution in [0.2, 0.25) is 0 Å². The summed E-state index contributed by atoms with van der Waals surface area (Å²) in [4.78, 5) is 36.2. The number of benzene rings is 1. The average Bonchev–Trinajstić information content (AvgIpc) is 3.13. The molecular formula is C15H14N2O7. The smallest absolute Gasteiger partial charge is 0.329 e. The summed E-state index contributed by atoms with van der Waals surface area (Å²) >= 11 is 0. The van der Waals surface area contributed by atoms with E-state index in [0.29, 0.717) is 22.8 Å². The summed E-state index contributed by atoms with van der Waals surface area (Å²) in [7, 11) is 2.65. The van der Waals surface area contributed by atoms with Crippen molar-refractivity contribution in [2.75, 3.05) is 27.6 Å². The van der Waals surface area contributed by atoms with Gasteiger partial charge >= 0.3 is 12.0 Å². The van der Waals surface area contributed by atoms with Gasteiger partial charge in [-0.05, 0) is 12.1 Å². The van der Waals surface area contributed by atoms with Gasteiger partial charge < -0.3 is 24.3 Å². The summed E-state index contributed by atoms with van der Waals surface area (Å²) in [5.74, 6) is 0.152. The zero-order valence-electron chi connectivity index (χ0n) is 13.0. The van der Waals surface area contributed by atoms with Crippen LogP contribution in [-0.2, 0) is 14.3 Å². The highest BCUT2D eigenvalue weighted by molar-refractivity contribution is 6.15. The molecule has 1 saturated heterocycles. The van der Waals surface area contributed by atoms with E-state index in [1.54, 1.807) is 12.1 Å². The summed E-state index contributed by atoms with van der Waals surface area (Å²) in [6, 6.07) is 2.56. The fourth-order valence-electron chi connectivity index (χ4n) is 2.29. The van der Waals surface area contributed by atoms with E-state index in [-0.39, 0.29) is 12.5 Å². The number of ether oxygens (including phenoxy) is 4. The Bertz CT molecular complexity index is 756. The van der Waals surface area contributed by atoms with E-state index in [1.165, 1.54) is 20.3 Å². The van der Waals surface area contributed by atoms with E-state index in [2.05, 4.69) is 10.1 Å². The highest BCUT2D eigenvalue weighted by atomic mass is 16.7. The van der Waals surface area contributed by atoms with Gasteiger partial charge in [-0.3, -0.25) is 9.59 Å². The first-order chi connectivity index (χ1) is 11.5. The molecule has 24 heavy (non-hydrogen) atoms. The number of hydrogen-bond donors (Lipinski definition) is 1. The van der Waals surface area contributed by atoms with Crippen LogP contribution in [0.5, 0.6) is 17.2 Å². The van der Waals surface area contributed by atoms with E-state index in [9.17, 15) is 14.4 Å². The van der Waals surface area contributed by atoms with Gasteiger partial charge in [-0.25, -0.2) is 9.69 Å². The number of carbonyl (C=O) groups excluding carboxylic acids is 3. The van der Waals surface area contributed by atoms with Crippen LogP contribution in [0.15, 0.2) is 17.8 Å². The molecule has 1 aromatic carbocycles. The quantitative estimate of drug-likeness (QED) is 0.485. The van der Waals surface area contributed by atoms with Crippen LogP contribution in [0, 0.1) is 0 Å². The number of nitrogens with one attached hydrogen (secondary N) is 1. The molecule has 126 valence electrons. The van der Waals surface area contributed by atoms with Crippen molar-refractivity contribution in [2.24, 2.45) is 0 Å². The van der Waals surface area contributed by atoms with Gasteiger partial charge in [-0.15, -0.1) is 0 Å². The normalized spacial score (nSPS) is 17.2. The van der Waals surface area contributed by atoms with Crippen LogP contribution in [0.4, 0.5) is 4.79 Å². The molecule has 0 aliphatic carbocycles. The second-order valence-electron chi connectivity index (χ2n) is 4.90. The second-order valence-corrected chi connectivity index (χ2v) is 4.90.